The summed E-state index contributed by atoms with van der Waals surface area (Å²) in [7, 11) is 1.52. The molecule has 3 N–H and O–H groups in total. The van der Waals surface area contributed by atoms with Crippen LogP contribution in [0.4, 0.5) is 16.2 Å². The predicted octanol–water partition coefficient (Wildman–Crippen LogP) is 3.37. The number of nitrogens with one attached hydrogen (secondary N) is 3. The van der Waals surface area contributed by atoms with Crippen molar-refractivity contribution in [3.63, 3.8) is 0 Å². The van der Waals surface area contributed by atoms with Gasteiger partial charge in [-0.1, -0.05) is 6.07 Å². The van der Waals surface area contributed by atoms with Crippen molar-refractivity contribution in [2.45, 2.75) is 26.7 Å². The Kier molecular flexibility index (Phi) is 7.37. The van der Waals surface area contributed by atoms with Gasteiger partial charge >= 0.3 is 6.09 Å². The van der Waals surface area contributed by atoms with Gasteiger partial charge in [0.05, 0.1) is 12.0 Å². The number of benzene rings is 1. The number of aromatic amines is 1. The second kappa shape index (κ2) is 10.2. The highest BCUT2D eigenvalue weighted by molar-refractivity contribution is 7.18. The van der Waals surface area contributed by atoms with Crippen molar-refractivity contribution in [1.82, 2.24) is 9.97 Å². The zero-order chi connectivity index (χ0) is 22.4. The number of methoxy groups -OCH3 is 1. The minimum atomic E-state index is -0.606. The number of thiophene rings is 1. The highest BCUT2D eigenvalue weighted by Gasteiger charge is 2.13. The van der Waals surface area contributed by atoms with Crippen LogP contribution in [0, 0.1) is 13.8 Å². The lowest BCUT2D eigenvalue weighted by atomic mass is 10.2. The van der Waals surface area contributed by atoms with E-state index in [0.717, 1.165) is 10.4 Å². The first-order valence-corrected chi connectivity index (χ1v) is 10.5. The molecule has 0 aliphatic rings. The summed E-state index contributed by atoms with van der Waals surface area (Å²) in [4.78, 5) is 45.4. The van der Waals surface area contributed by atoms with Crippen molar-refractivity contribution in [3.8, 4) is 0 Å². The number of anilines is 2. The van der Waals surface area contributed by atoms with Crippen molar-refractivity contribution in [2.75, 3.05) is 31.0 Å². The van der Waals surface area contributed by atoms with Crippen LogP contribution in [0.1, 0.15) is 22.7 Å². The van der Waals surface area contributed by atoms with E-state index >= 15 is 0 Å². The number of ether oxygens (including phenoxy) is 2. The summed E-state index contributed by atoms with van der Waals surface area (Å²) >= 11 is 1.47. The van der Waals surface area contributed by atoms with Crippen LogP contribution in [0.3, 0.4) is 0 Å². The van der Waals surface area contributed by atoms with Gasteiger partial charge in [-0.05, 0) is 37.6 Å². The minimum Gasteiger partial charge on any atom is -0.447 e. The molecule has 164 valence electrons. The van der Waals surface area contributed by atoms with E-state index < -0.39 is 6.09 Å². The normalized spacial score (nSPS) is 10.8. The van der Waals surface area contributed by atoms with Crippen molar-refractivity contribution in [2.24, 2.45) is 0 Å². The number of aryl methyl sites for hydroxylation is 3. The fourth-order valence-electron chi connectivity index (χ4n) is 2.92. The Labute approximate surface area is 182 Å². The fourth-order valence-corrected chi connectivity index (χ4v) is 3.97. The highest BCUT2D eigenvalue weighted by Crippen LogP contribution is 2.25. The Morgan fingerprint density at radius 3 is 2.65 bits per heavy atom. The molecule has 10 heteroatoms. The van der Waals surface area contributed by atoms with Gasteiger partial charge in [-0.2, -0.15) is 0 Å². The maximum absolute atomic E-state index is 12.3. The van der Waals surface area contributed by atoms with Gasteiger partial charge in [-0.25, -0.2) is 9.78 Å². The molecule has 9 nitrogen and oxygen atoms in total. The topological polar surface area (TPSA) is 122 Å². The molecule has 0 aliphatic carbocycles. The van der Waals surface area contributed by atoms with Crippen molar-refractivity contribution >= 4 is 44.9 Å². The lowest BCUT2D eigenvalue weighted by Crippen LogP contribution is -2.17. The number of fused-ring (bicyclic) bond motifs is 1. The first-order valence-electron chi connectivity index (χ1n) is 9.69. The molecule has 3 aromatic rings. The molecule has 0 saturated heterocycles. The number of carbonyl (C=O) groups excluding carboxylic acids is 2. The second-order valence-corrected chi connectivity index (χ2v) is 8.06. The molecule has 0 fully saturated rings. The molecule has 1 aromatic carbocycles. The van der Waals surface area contributed by atoms with Gasteiger partial charge in [0.2, 0.25) is 5.91 Å². The number of H-pyrrole nitrogens is 1. The van der Waals surface area contributed by atoms with E-state index in [1.807, 2.05) is 13.8 Å². The first kappa shape index (κ1) is 22.4. The van der Waals surface area contributed by atoms with E-state index in [-0.39, 0.29) is 24.5 Å². The molecular weight excluding hydrogens is 420 g/mol. The van der Waals surface area contributed by atoms with Crippen molar-refractivity contribution in [3.05, 3.63) is 50.9 Å². The Morgan fingerprint density at radius 1 is 1.16 bits per heavy atom. The minimum absolute atomic E-state index is 0.144. The van der Waals surface area contributed by atoms with Crippen LogP contribution >= 0.6 is 11.3 Å². The molecule has 0 atom stereocenters. The number of amides is 2. The van der Waals surface area contributed by atoms with Gasteiger partial charge in [-0.15, -0.1) is 11.3 Å². The standard InChI is InChI=1S/C21H24N4O5S/c1-12-13(2)31-20-18(12)19(27)24-16(25-20)7-8-17(26)22-14-5-4-6-15(11-14)23-21(28)30-10-9-29-3/h4-6,11H,7-10H2,1-3H3,(H,22,26)(H,23,28)(H,24,25,27). The van der Waals surface area contributed by atoms with Gasteiger partial charge in [0, 0.05) is 36.2 Å². The molecule has 0 unspecified atom stereocenters. The van der Waals surface area contributed by atoms with E-state index in [1.54, 1.807) is 24.3 Å². The third-order valence-corrected chi connectivity index (χ3v) is 5.69. The summed E-state index contributed by atoms with van der Waals surface area (Å²) in [6.45, 7) is 4.31. The third-order valence-electron chi connectivity index (χ3n) is 4.59. The summed E-state index contributed by atoms with van der Waals surface area (Å²) in [5, 5.41) is 5.97. The van der Waals surface area contributed by atoms with E-state index in [0.29, 0.717) is 40.4 Å². The van der Waals surface area contributed by atoms with Crippen molar-refractivity contribution < 1.29 is 19.1 Å². The molecule has 0 spiro atoms. The summed E-state index contributed by atoms with van der Waals surface area (Å²) in [6, 6.07) is 6.72. The van der Waals surface area contributed by atoms with Crippen LogP contribution in [-0.4, -0.2) is 42.3 Å². The lowest BCUT2D eigenvalue weighted by Gasteiger charge is -2.09. The third kappa shape index (κ3) is 5.89. The first-order chi connectivity index (χ1) is 14.9. The van der Waals surface area contributed by atoms with Crippen LogP contribution in [0.5, 0.6) is 0 Å². The average molecular weight is 445 g/mol. The van der Waals surface area contributed by atoms with Crippen molar-refractivity contribution in [1.29, 1.82) is 0 Å². The molecule has 2 heterocycles. The Morgan fingerprint density at radius 2 is 1.90 bits per heavy atom. The van der Waals surface area contributed by atoms with Gasteiger partial charge in [0.25, 0.3) is 5.56 Å². The summed E-state index contributed by atoms with van der Waals surface area (Å²) in [5.41, 5.74) is 1.77. The van der Waals surface area contributed by atoms with E-state index in [1.165, 1.54) is 18.4 Å². The van der Waals surface area contributed by atoms with E-state index in [4.69, 9.17) is 9.47 Å². The summed E-state index contributed by atoms with van der Waals surface area (Å²) in [6.07, 6.45) is -0.157. The van der Waals surface area contributed by atoms with Crippen LogP contribution in [-0.2, 0) is 20.7 Å². The summed E-state index contributed by atoms with van der Waals surface area (Å²) < 4.78 is 9.76. The predicted molar refractivity (Wildman–Crippen MR) is 120 cm³/mol. The number of aromatic nitrogens is 2. The maximum Gasteiger partial charge on any atom is 0.411 e. The van der Waals surface area contributed by atoms with Crippen LogP contribution in [0.25, 0.3) is 10.2 Å². The molecule has 0 radical (unpaired) electrons. The zero-order valence-corrected chi connectivity index (χ0v) is 18.4. The number of nitrogens with zero attached hydrogens (tertiary/aromatic N) is 1. The highest BCUT2D eigenvalue weighted by atomic mass is 32.1. The molecule has 2 aromatic heterocycles. The van der Waals surface area contributed by atoms with E-state index in [9.17, 15) is 14.4 Å². The van der Waals surface area contributed by atoms with Gasteiger partial charge in [0.1, 0.15) is 17.3 Å². The molecule has 31 heavy (non-hydrogen) atoms. The number of carbonyl (C=O) groups is 2. The molecule has 0 bridgehead atoms. The molecule has 0 saturated carbocycles. The van der Waals surface area contributed by atoms with Crippen LogP contribution < -0.4 is 16.2 Å². The van der Waals surface area contributed by atoms with Gasteiger partial charge < -0.3 is 19.8 Å². The van der Waals surface area contributed by atoms with Gasteiger partial charge in [0.15, 0.2) is 0 Å². The SMILES string of the molecule is COCCOC(=O)Nc1cccc(NC(=O)CCc2nc3sc(C)c(C)c3c(=O)[nH]2)c1. The molecule has 0 aliphatic heterocycles. The largest absolute Gasteiger partial charge is 0.447 e. The Hall–Kier alpha value is -3.24. The second-order valence-electron chi connectivity index (χ2n) is 6.86. The molecule has 3 rings (SSSR count). The fraction of sp³-hybridized carbons (Fsp3) is 0.333. The molecule has 2 amide bonds. The smallest absolute Gasteiger partial charge is 0.411 e. The monoisotopic (exact) mass is 444 g/mol. The number of hydrogen-bond acceptors (Lipinski definition) is 7. The lowest BCUT2D eigenvalue weighted by molar-refractivity contribution is -0.116. The average Bonchev–Trinajstić information content (AvgIpc) is 3.01. The quantitative estimate of drug-likeness (QED) is 0.458. The van der Waals surface area contributed by atoms with E-state index in [2.05, 4.69) is 20.6 Å². The Bertz CT molecular complexity index is 1150. The number of hydrogen-bond donors (Lipinski definition) is 3. The van der Waals surface area contributed by atoms with Crippen LogP contribution in [0.2, 0.25) is 0 Å². The number of rotatable bonds is 8. The Balaban J connectivity index is 1.57. The molecular formula is C21H24N4O5S. The van der Waals surface area contributed by atoms with Crippen LogP contribution in [0.15, 0.2) is 29.1 Å². The zero-order valence-electron chi connectivity index (χ0n) is 17.5. The maximum atomic E-state index is 12.3. The van der Waals surface area contributed by atoms with Gasteiger partial charge in [-0.3, -0.25) is 14.9 Å². The summed E-state index contributed by atoms with van der Waals surface area (Å²) in [5.74, 6) is 0.240.